The second-order valence-corrected chi connectivity index (χ2v) is 2.58. The van der Waals surface area contributed by atoms with Gasteiger partial charge >= 0.3 is 35.5 Å². The van der Waals surface area contributed by atoms with Crippen LogP contribution in [0.25, 0.3) is 0 Å². The molecule has 5 heteroatoms. The summed E-state index contributed by atoms with van der Waals surface area (Å²) in [7, 11) is 1.00. The molecule has 0 radical (unpaired) electrons. The monoisotopic (exact) mass is 252 g/mol. The molecule has 1 aromatic carbocycles. The Morgan fingerprint density at radius 3 is 1.76 bits per heavy atom. The number of rotatable bonds is 1. The number of ether oxygens (including phenoxy) is 1. The largest absolute Gasteiger partial charge is 1.00 e. The van der Waals surface area contributed by atoms with Gasteiger partial charge in [0.1, 0.15) is 0 Å². The van der Waals surface area contributed by atoms with Crippen molar-refractivity contribution in [2.24, 2.45) is 0 Å². The molecule has 0 aliphatic heterocycles. The number of benzene rings is 1. The van der Waals surface area contributed by atoms with Crippen molar-refractivity contribution in [3.8, 4) is 0 Å². The minimum atomic E-state index is -0.211. The third-order valence-electron chi connectivity index (χ3n) is 1.29. The first-order valence-electron chi connectivity index (χ1n) is 4.76. The Morgan fingerprint density at radius 2 is 1.65 bits per heavy atom. The van der Waals surface area contributed by atoms with Crippen LogP contribution in [0.5, 0.6) is 0 Å². The van der Waals surface area contributed by atoms with Gasteiger partial charge in [0.2, 0.25) is 0 Å². The first-order valence-corrected chi connectivity index (χ1v) is 4.76. The number of carbonyl (C=O) groups is 1. The molecule has 0 heterocycles. The maximum atomic E-state index is 9.82. The SMILES string of the molecule is CCOC(C)=O.CO.Cc1ccccc1.[Na+].[OH-]. The van der Waals surface area contributed by atoms with Gasteiger partial charge in [-0.3, -0.25) is 4.79 Å². The smallest absolute Gasteiger partial charge is 0.870 e. The molecule has 0 aliphatic rings. The zero-order valence-corrected chi connectivity index (χ0v) is 13.3. The van der Waals surface area contributed by atoms with Gasteiger partial charge in [-0.05, 0) is 13.8 Å². The van der Waals surface area contributed by atoms with Gasteiger partial charge in [0.15, 0.2) is 0 Å². The molecule has 0 aromatic heterocycles. The summed E-state index contributed by atoms with van der Waals surface area (Å²) < 4.78 is 4.40. The van der Waals surface area contributed by atoms with E-state index in [9.17, 15) is 4.79 Å². The van der Waals surface area contributed by atoms with Crippen LogP contribution in [0.1, 0.15) is 19.4 Å². The third-order valence-corrected chi connectivity index (χ3v) is 1.29. The van der Waals surface area contributed by atoms with Crippen LogP contribution in [0.4, 0.5) is 0 Å². The van der Waals surface area contributed by atoms with Crippen molar-refractivity contribution in [1.82, 2.24) is 0 Å². The van der Waals surface area contributed by atoms with E-state index in [1.54, 1.807) is 6.92 Å². The maximum absolute atomic E-state index is 9.82. The molecule has 0 spiro atoms. The van der Waals surface area contributed by atoms with E-state index in [-0.39, 0.29) is 41.0 Å². The summed E-state index contributed by atoms with van der Waals surface area (Å²) in [6.45, 7) is 5.74. The van der Waals surface area contributed by atoms with Gasteiger partial charge in [0, 0.05) is 14.0 Å². The van der Waals surface area contributed by atoms with E-state index >= 15 is 0 Å². The van der Waals surface area contributed by atoms with Gasteiger partial charge in [-0.15, -0.1) is 0 Å². The average molecular weight is 252 g/mol. The summed E-state index contributed by atoms with van der Waals surface area (Å²) in [5.74, 6) is -0.211. The molecule has 0 bridgehead atoms. The van der Waals surface area contributed by atoms with Crippen molar-refractivity contribution in [3.05, 3.63) is 35.9 Å². The van der Waals surface area contributed by atoms with E-state index in [1.165, 1.54) is 12.5 Å². The third kappa shape index (κ3) is 25.7. The van der Waals surface area contributed by atoms with Gasteiger partial charge in [-0.2, -0.15) is 0 Å². The van der Waals surface area contributed by atoms with E-state index in [0.717, 1.165) is 7.11 Å². The molecular formula is C12H21NaO4. The number of aliphatic hydroxyl groups excluding tert-OH is 1. The topological polar surface area (TPSA) is 76.5 Å². The fourth-order valence-electron chi connectivity index (χ4n) is 0.738. The van der Waals surface area contributed by atoms with Crippen molar-refractivity contribution in [2.45, 2.75) is 20.8 Å². The molecule has 0 aliphatic carbocycles. The Kier molecular flexibility index (Phi) is 31.4. The number of carbonyl (C=O) groups excluding carboxylic acids is 1. The number of hydrogen-bond acceptors (Lipinski definition) is 4. The minimum Gasteiger partial charge on any atom is -0.870 e. The van der Waals surface area contributed by atoms with Crippen LogP contribution < -0.4 is 29.6 Å². The van der Waals surface area contributed by atoms with Crippen LogP contribution in [0, 0.1) is 6.92 Å². The van der Waals surface area contributed by atoms with Crippen LogP contribution in [0.15, 0.2) is 30.3 Å². The van der Waals surface area contributed by atoms with E-state index < -0.39 is 0 Å². The van der Waals surface area contributed by atoms with Crippen LogP contribution in [0.3, 0.4) is 0 Å². The molecule has 94 valence electrons. The van der Waals surface area contributed by atoms with Crippen molar-refractivity contribution >= 4 is 5.97 Å². The predicted molar refractivity (Wildman–Crippen MR) is 63.6 cm³/mol. The zero-order valence-electron chi connectivity index (χ0n) is 11.3. The molecular weight excluding hydrogens is 231 g/mol. The second-order valence-electron chi connectivity index (χ2n) is 2.58. The quantitative estimate of drug-likeness (QED) is 0.514. The normalized spacial score (nSPS) is 6.65. The molecule has 4 nitrogen and oxygen atoms in total. The molecule has 0 saturated heterocycles. The molecule has 17 heavy (non-hydrogen) atoms. The van der Waals surface area contributed by atoms with E-state index in [0.29, 0.717) is 6.61 Å². The molecule has 0 fully saturated rings. The van der Waals surface area contributed by atoms with Gasteiger partial charge < -0.3 is 15.3 Å². The second kappa shape index (κ2) is 21.0. The first-order chi connectivity index (χ1) is 7.16. The van der Waals surface area contributed by atoms with Gasteiger partial charge in [0.25, 0.3) is 0 Å². The average Bonchev–Trinajstić information content (AvgIpc) is 2.22. The summed E-state index contributed by atoms with van der Waals surface area (Å²) in [6, 6.07) is 10.3. The predicted octanol–water partition coefficient (Wildman–Crippen LogP) is -1.000. The van der Waals surface area contributed by atoms with Crippen molar-refractivity contribution in [2.75, 3.05) is 13.7 Å². The van der Waals surface area contributed by atoms with Crippen LogP contribution >= 0.6 is 0 Å². The summed E-state index contributed by atoms with van der Waals surface area (Å²) in [4.78, 5) is 9.82. The Labute approximate surface area is 126 Å². The standard InChI is InChI=1S/C7H8.C4H8O2.CH4O.Na.H2O/c1-7-5-3-2-4-6-7;1-3-6-4(2)5;1-2;;/h2-6H,1H3;3H2,1-2H3;2H,1H3;;1H2/q;;;+1;/p-1. The summed E-state index contributed by atoms with van der Waals surface area (Å²) >= 11 is 0. The Balaban J connectivity index is -0.0000000794. The summed E-state index contributed by atoms with van der Waals surface area (Å²) in [5, 5.41) is 7.00. The molecule has 1 aromatic rings. The maximum Gasteiger partial charge on any atom is 1.00 e. The van der Waals surface area contributed by atoms with E-state index in [4.69, 9.17) is 5.11 Å². The van der Waals surface area contributed by atoms with E-state index in [1.807, 2.05) is 18.2 Å². The molecule has 0 unspecified atom stereocenters. The number of esters is 1. The van der Waals surface area contributed by atoms with Crippen LogP contribution in [-0.4, -0.2) is 30.3 Å². The molecule has 0 amide bonds. The fraction of sp³-hybridized carbons (Fsp3) is 0.417. The van der Waals surface area contributed by atoms with Gasteiger partial charge in [0.05, 0.1) is 6.61 Å². The number of aryl methyl sites for hydroxylation is 1. The Morgan fingerprint density at radius 1 is 1.24 bits per heavy atom. The van der Waals surface area contributed by atoms with Gasteiger partial charge in [-0.1, -0.05) is 35.9 Å². The Bertz CT molecular complexity index is 240. The Hall–Kier alpha value is -0.390. The number of aliphatic hydroxyl groups is 1. The zero-order chi connectivity index (χ0) is 12.1. The molecule has 1 rings (SSSR count). The van der Waals surface area contributed by atoms with Crippen molar-refractivity contribution < 1.29 is 49.7 Å². The fourth-order valence-corrected chi connectivity index (χ4v) is 0.738. The van der Waals surface area contributed by atoms with Crippen LogP contribution in [0.2, 0.25) is 0 Å². The molecule has 0 saturated carbocycles. The van der Waals surface area contributed by atoms with E-state index in [2.05, 4.69) is 23.8 Å². The summed E-state index contributed by atoms with van der Waals surface area (Å²) in [6.07, 6.45) is 0. The minimum absolute atomic E-state index is 0. The summed E-state index contributed by atoms with van der Waals surface area (Å²) in [5.41, 5.74) is 1.32. The van der Waals surface area contributed by atoms with Gasteiger partial charge in [-0.25, -0.2) is 0 Å². The molecule has 0 atom stereocenters. The van der Waals surface area contributed by atoms with Crippen LogP contribution in [-0.2, 0) is 9.53 Å². The van der Waals surface area contributed by atoms with Crippen molar-refractivity contribution in [3.63, 3.8) is 0 Å². The first kappa shape index (κ1) is 25.5. The number of hydrogen-bond donors (Lipinski definition) is 1. The molecule has 2 N–H and O–H groups in total. The van der Waals surface area contributed by atoms with Crippen molar-refractivity contribution in [1.29, 1.82) is 0 Å².